The second kappa shape index (κ2) is 5.85. The highest BCUT2D eigenvalue weighted by Crippen LogP contribution is 2.17. The zero-order chi connectivity index (χ0) is 11.3. The smallest absolute Gasteiger partial charge is 0.0723 e. The van der Waals surface area contributed by atoms with Crippen LogP contribution in [0.1, 0.15) is 31.0 Å². The van der Waals surface area contributed by atoms with Gasteiger partial charge in [-0.25, -0.2) is 0 Å². The molecule has 1 unspecified atom stereocenters. The van der Waals surface area contributed by atoms with Crippen molar-refractivity contribution in [1.29, 1.82) is 0 Å². The fraction of sp³-hybridized carbons (Fsp3) is 0.500. The van der Waals surface area contributed by atoms with E-state index in [1.807, 2.05) is 38.1 Å². The molecule has 15 heavy (non-hydrogen) atoms. The highest BCUT2D eigenvalue weighted by molar-refractivity contribution is 5.29. The Bertz CT molecular complexity index is 299. The number of nitrogens with two attached hydrogens (primary N) is 1. The molecule has 3 N–H and O–H groups in total. The molecule has 1 aromatic rings. The van der Waals surface area contributed by atoms with Crippen molar-refractivity contribution in [2.75, 3.05) is 6.61 Å². The van der Waals surface area contributed by atoms with Crippen molar-refractivity contribution < 1.29 is 9.84 Å². The number of aliphatic hydroxyl groups is 1. The van der Waals surface area contributed by atoms with E-state index in [0.717, 1.165) is 11.1 Å². The summed E-state index contributed by atoms with van der Waals surface area (Å²) < 4.78 is 5.53. The van der Waals surface area contributed by atoms with Gasteiger partial charge >= 0.3 is 0 Å². The highest BCUT2D eigenvalue weighted by Gasteiger charge is 2.09. The van der Waals surface area contributed by atoms with E-state index in [1.54, 1.807) is 0 Å². The van der Waals surface area contributed by atoms with Gasteiger partial charge in [-0.3, -0.25) is 0 Å². The largest absolute Gasteiger partial charge is 0.394 e. The molecular formula is C12H19NO2. The maximum atomic E-state index is 9.02. The van der Waals surface area contributed by atoms with E-state index in [1.165, 1.54) is 0 Å². The average molecular weight is 209 g/mol. The Balaban J connectivity index is 2.77. The monoisotopic (exact) mass is 209 g/mol. The third-order valence-corrected chi connectivity index (χ3v) is 2.22. The van der Waals surface area contributed by atoms with Crippen LogP contribution in [0.3, 0.4) is 0 Å². The summed E-state index contributed by atoms with van der Waals surface area (Å²) in [6, 6.07) is 7.46. The number of hydrogen-bond acceptors (Lipinski definition) is 3. The molecule has 0 aliphatic heterocycles. The minimum Gasteiger partial charge on any atom is -0.394 e. The van der Waals surface area contributed by atoms with Gasteiger partial charge in [-0.1, -0.05) is 24.3 Å². The number of hydrogen-bond donors (Lipinski definition) is 2. The van der Waals surface area contributed by atoms with Crippen LogP contribution in [0.4, 0.5) is 0 Å². The lowest BCUT2D eigenvalue weighted by atomic mass is 10.0. The van der Waals surface area contributed by atoms with Gasteiger partial charge in [-0.05, 0) is 25.0 Å². The van der Waals surface area contributed by atoms with Crippen LogP contribution in [0, 0.1) is 0 Å². The molecule has 0 spiro atoms. The minimum absolute atomic E-state index is 0.0430. The molecule has 0 bridgehead atoms. The molecule has 84 valence electrons. The molecule has 3 nitrogen and oxygen atoms in total. The minimum atomic E-state index is -0.322. The summed E-state index contributed by atoms with van der Waals surface area (Å²) in [6.45, 7) is 4.49. The molecule has 1 aromatic carbocycles. The van der Waals surface area contributed by atoms with Crippen LogP contribution in [0.2, 0.25) is 0 Å². The highest BCUT2D eigenvalue weighted by atomic mass is 16.5. The lowest BCUT2D eigenvalue weighted by Gasteiger charge is -2.15. The third-order valence-electron chi connectivity index (χ3n) is 2.22. The lowest BCUT2D eigenvalue weighted by molar-refractivity contribution is 0.0649. The van der Waals surface area contributed by atoms with Crippen LogP contribution in [0.15, 0.2) is 24.3 Å². The van der Waals surface area contributed by atoms with Crippen molar-refractivity contribution in [3.05, 3.63) is 35.4 Å². The molecular weight excluding hydrogens is 190 g/mol. The fourth-order valence-corrected chi connectivity index (χ4v) is 1.38. The molecule has 0 amide bonds. The Morgan fingerprint density at radius 3 is 2.60 bits per heavy atom. The van der Waals surface area contributed by atoms with Crippen molar-refractivity contribution in [2.24, 2.45) is 5.73 Å². The van der Waals surface area contributed by atoms with Gasteiger partial charge in [0.1, 0.15) is 0 Å². The second-order valence-electron chi connectivity index (χ2n) is 3.85. The third kappa shape index (κ3) is 3.63. The van der Waals surface area contributed by atoms with Crippen LogP contribution >= 0.6 is 0 Å². The summed E-state index contributed by atoms with van der Waals surface area (Å²) >= 11 is 0. The molecule has 0 saturated heterocycles. The Hall–Kier alpha value is -0.900. The van der Waals surface area contributed by atoms with Gasteiger partial charge in [0.2, 0.25) is 0 Å². The van der Waals surface area contributed by atoms with Crippen molar-refractivity contribution in [2.45, 2.75) is 32.6 Å². The van der Waals surface area contributed by atoms with Crippen LogP contribution < -0.4 is 5.73 Å². The molecule has 0 saturated carbocycles. The molecule has 1 rings (SSSR count). The first-order chi connectivity index (χ1) is 7.15. The zero-order valence-electron chi connectivity index (χ0n) is 9.31. The lowest BCUT2D eigenvalue weighted by Crippen LogP contribution is -2.17. The Morgan fingerprint density at radius 1 is 1.33 bits per heavy atom. The predicted molar refractivity (Wildman–Crippen MR) is 60.4 cm³/mol. The summed E-state index contributed by atoms with van der Waals surface area (Å²) in [6.07, 6.45) is 0.198. The van der Waals surface area contributed by atoms with E-state index in [-0.39, 0.29) is 18.8 Å². The molecule has 3 heteroatoms. The van der Waals surface area contributed by atoms with E-state index >= 15 is 0 Å². The summed E-state index contributed by atoms with van der Waals surface area (Å²) in [7, 11) is 0. The number of rotatable bonds is 5. The van der Waals surface area contributed by atoms with Gasteiger partial charge in [0, 0.05) is 0 Å². The number of aliphatic hydroxyl groups excluding tert-OH is 1. The molecule has 0 aromatic heterocycles. The van der Waals surface area contributed by atoms with Crippen LogP contribution in [-0.2, 0) is 11.3 Å². The van der Waals surface area contributed by atoms with Gasteiger partial charge in [0.15, 0.2) is 0 Å². The number of ether oxygens (including phenoxy) is 1. The maximum absolute atomic E-state index is 9.02. The van der Waals surface area contributed by atoms with Crippen LogP contribution in [0.5, 0.6) is 0 Å². The predicted octanol–water partition coefficient (Wildman–Crippen LogP) is 1.60. The summed E-state index contributed by atoms with van der Waals surface area (Å²) in [5.74, 6) is 0. The van der Waals surface area contributed by atoms with Gasteiger partial charge in [0.05, 0.1) is 25.4 Å². The molecule has 0 aliphatic rings. The normalized spacial score (nSPS) is 13.1. The van der Waals surface area contributed by atoms with E-state index < -0.39 is 0 Å². The Labute approximate surface area is 90.9 Å². The van der Waals surface area contributed by atoms with Crippen LogP contribution in [-0.4, -0.2) is 17.8 Å². The summed E-state index contributed by atoms with van der Waals surface area (Å²) in [4.78, 5) is 0. The van der Waals surface area contributed by atoms with Crippen molar-refractivity contribution in [3.63, 3.8) is 0 Å². The number of benzene rings is 1. The van der Waals surface area contributed by atoms with Gasteiger partial charge in [-0.15, -0.1) is 0 Å². The second-order valence-corrected chi connectivity index (χ2v) is 3.85. The fourth-order valence-electron chi connectivity index (χ4n) is 1.38. The van der Waals surface area contributed by atoms with Crippen molar-refractivity contribution >= 4 is 0 Å². The molecule has 0 fully saturated rings. The molecule has 0 aliphatic carbocycles. The molecule has 0 heterocycles. The first-order valence-corrected chi connectivity index (χ1v) is 5.21. The first kappa shape index (κ1) is 12.2. The molecule has 1 atom stereocenters. The van der Waals surface area contributed by atoms with E-state index in [9.17, 15) is 0 Å². The van der Waals surface area contributed by atoms with Gasteiger partial charge in [-0.2, -0.15) is 0 Å². The van der Waals surface area contributed by atoms with Crippen molar-refractivity contribution in [3.8, 4) is 0 Å². The SMILES string of the molecule is CC(C)OCc1ccccc1C(N)CO. The van der Waals surface area contributed by atoms with E-state index in [4.69, 9.17) is 15.6 Å². The van der Waals surface area contributed by atoms with E-state index in [0.29, 0.717) is 6.61 Å². The zero-order valence-corrected chi connectivity index (χ0v) is 9.31. The topological polar surface area (TPSA) is 55.5 Å². The maximum Gasteiger partial charge on any atom is 0.0723 e. The average Bonchev–Trinajstić information content (AvgIpc) is 2.25. The van der Waals surface area contributed by atoms with E-state index in [2.05, 4.69) is 0 Å². The van der Waals surface area contributed by atoms with Crippen molar-refractivity contribution in [1.82, 2.24) is 0 Å². The quantitative estimate of drug-likeness (QED) is 0.774. The van der Waals surface area contributed by atoms with Gasteiger partial charge in [0.25, 0.3) is 0 Å². The van der Waals surface area contributed by atoms with Crippen LogP contribution in [0.25, 0.3) is 0 Å². The summed E-state index contributed by atoms with van der Waals surface area (Å²) in [5, 5.41) is 9.02. The summed E-state index contributed by atoms with van der Waals surface area (Å²) in [5.41, 5.74) is 7.80. The standard InChI is InChI=1S/C12H19NO2/c1-9(2)15-8-10-5-3-4-6-11(10)12(13)7-14/h3-6,9,12,14H,7-8,13H2,1-2H3. The molecule has 0 radical (unpaired) electrons. The Kier molecular flexibility index (Phi) is 4.75. The first-order valence-electron chi connectivity index (χ1n) is 5.21. The van der Waals surface area contributed by atoms with Gasteiger partial charge < -0.3 is 15.6 Å². The Morgan fingerprint density at radius 2 is 2.00 bits per heavy atom.